The van der Waals surface area contributed by atoms with Gasteiger partial charge in [-0.3, -0.25) is 20.2 Å². The minimum Gasteiger partial charge on any atom is -0.507 e. The van der Waals surface area contributed by atoms with E-state index in [4.69, 9.17) is 33.9 Å². The average molecular weight is 759 g/mol. The Morgan fingerprint density at radius 2 is 1.39 bits per heavy atom. The molecule has 0 aliphatic carbocycles. The van der Waals surface area contributed by atoms with Crippen molar-refractivity contribution in [3.63, 3.8) is 0 Å². The van der Waals surface area contributed by atoms with E-state index in [1.807, 2.05) is 73.7 Å². The predicted octanol–water partition coefficient (Wildman–Crippen LogP) is 7.66. The van der Waals surface area contributed by atoms with E-state index in [0.717, 1.165) is 16.7 Å². The molecule has 1 atom stereocenters. The van der Waals surface area contributed by atoms with E-state index in [2.05, 4.69) is 21.3 Å². The van der Waals surface area contributed by atoms with Crippen LogP contribution in [-0.2, 0) is 20.7 Å². The van der Waals surface area contributed by atoms with Crippen LogP contribution in [0.25, 0.3) is 17.2 Å². The standard InChI is InChI=1S/C42H38N4O6S2/c1-27(22-33-11-6-7-17-37(33)47)39(49)46-42(54)43-34-20-18-30(19-21-34)40(50)52-28(2)23-29-10-8-12-31(24-29)32-13-9-14-35(25-32)44-41(53)45-38(48)26-51-36-15-4-3-5-16-36/h3-22,24-25,28,47H,23,26H2,1-2H3,(H2,43,46,49,54)(H2,44,45,48,53)/b27-22+. The largest absolute Gasteiger partial charge is 0.507 e. The minimum absolute atomic E-state index is 0.0673. The van der Waals surface area contributed by atoms with Crippen LogP contribution in [0.1, 0.15) is 35.3 Å². The van der Waals surface area contributed by atoms with Gasteiger partial charge in [-0.1, -0.05) is 72.8 Å². The number of thiocarbonyl (C=S) groups is 2. The number of esters is 1. The number of phenols is 1. The lowest BCUT2D eigenvalue weighted by molar-refractivity contribution is -0.121. The second-order valence-corrected chi connectivity index (χ2v) is 13.0. The number of phenolic OH excluding ortho intramolecular Hbond substituents is 1. The van der Waals surface area contributed by atoms with Crippen LogP contribution in [0.4, 0.5) is 11.4 Å². The number of hydrogen-bond donors (Lipinski definition) is 5. The number of carbonyl (C=O) groups is 3. The molecule has 5 rings (SSSR count). The van der Waals surface area contributed by atoms with Gasteiger partial charge in [0.2, 0.25) is 0 Å². The first-order valence-corrected chi connectivity index (χ1v) is 17.7. The third-order valence-electron chi connectivity index (χ3n) is 7.85. The Morgan fingerprint density at radius 1 is 0.741 bits per heavy atom. The van der Waals surface area contributed by atoms with Gasteiger partial charge >= 0.3 is 5.97 Å². The Kier molecular flexibility index (Phi) is 13.6. The fourth-order valence-electron chi connectivity index (χ4n) is 5.23. The lowest BCUT2D eigenvalue weighted by atomic mass is 10.00. The van der Waals surface area contributed by atoms with Crippen molar-refractivity contribution in [2.75, 3.05) is 17.2 Å². The van der Waals surface area contributed by atoms with E-state index < -0.39 is 18.0 Å². The summed E-state index contributed by atoms with van der Waals surface area (Å²) in [5.41, 5.74) is 5.38. The number of carbonyl (C=O) groups excluding carboxylic acids is 3. The molecule has 0 spiro atoms. The van der Waals surface area contributed by atoms with Crippen molar-refractivity contribution < 1.29 is 29.0 Å². The van der Waals surface area contributed by atoms with Crippen LogP contribution >= 0.6 is 24.4 Å². The Bertz CT molecular complexity index is 2170. The van der Waals surface area contributed by atoms with Crippen molar-refractivity contribution in [3.8, 4) is 22.6 Å². The molecular weight excluding hydrogens is 721 g/mol. The van der Waals surface area contributed by atoms with Gasteiger partial charge < -0.3 is 25.2 Å². The van der Waals surface area contributed by atoms with E-state index in [-0.39, 0.29) is 28.5 Å². The number of aromatic hydroxyl groups is 1. The van der Waals surface area contributed by atoms with Gasteiger partial charge in [0.05, 0.1) is 5.56 Å². The molecule has 5 aromatic carbocycles. The number of hydrogen-bond acceptors (Lipinski definition) is 8. The summed E-state index contributed by atoms with van der Waals surface area (Å²) in [6, 6.07) is 37.9. The van der Waals surface area contributed by atoms with Gasteiger partial charge in [0, 0.05) is 28.9 Å². The first kappa shape index (κ1) is 38.9. The summed E-state index contributed by atoms with van der Waals surface area (Å²) in [5.74, 6) is -0.613. The quantitative estimate of drug-likeness (QED) is 0.0490. The fourth-order valence-corrected chi connectivity index (χ4v) is 5.67. The molecule has 0 aliphatic heterocycles. The molecular formula is C42H38N4O6S2. The molecule has 5 N–H and O–H groups in total. The smallest absolute Gasteiger partial charge is 0.338 e. The Morgan fingerprint density at radius 3 is 2.13 bits per heavy atom. The number of rotatable bonds is 12. The van der Waals surface area contributed by atoms with Crippen LogP contribution in [0.15, 0.2) is 133 Å². The normalized spacial score (nSPS) is 11.4. The molecule has 0 aromatic heterocycles. The van der Waals surface area contributed by atoms with Crippen LogP contribution in [-0.4, -0.2) is 45.8 Å². The lowest BCUT2D eigenvalue weighted by Crippen LogP contribution is -2.37. The number of ether oxygens (including phenoxy) is 2. The van der Waals surface area contributed by atoms with E-state index in [0.29, 0.717) is 40.2 Å². The molecule has 12 heteroatoms. The number of amides is 2. The minimum atomic E-state index is -0.473. The van der Waals surface area contributed by atoms with Crippen molar-refractivity contribution in [3.05, 3.63) is 150 Å². The first-order valence-electron chi connectivity index (χ1n) is 16.9. The maximum absolute atomic E-state index is 13.0. The molecule has 2 amide bonds. The maximum Gasteiger partial charge on any atom is 0.338 e. The lowest BCUT2D eigenvalue weighted by Gasteiger charge is -2.15. The molecule has 0 heterocycles. The second-order valence-electron chi connectivity index (χ2n) is 12.2. The van der Waals surface area contributed by atoms with Gasteiger partial charge in [-0.15, -0.1) is 0 Å². The van der Waals surface area contributed by atoms with Gasteiger partial charge in [0.15, 0.2) is 16.8 Å². The summed E-state index contributed by atoms with van der Waals surface area (Å²) in [7, 11) is 0. The number of benzene rings is 5. The molecule has 1 unspecified atom stereocenters. The fraction of sp³-hybridized carbons (Fsp3) is 0.119. The van der Waals surface area contributed by atoms with Crippen LogP contribution in [0, 0.1) is 0 Å². The highest BCUT2D eigenvalue weighted by atomic mass is 32.1. The van der Waals surface area contributed by atoms with Crippen LogP contribution in [0.5, 0.6) is 11.5 Å². The van der Waals surface area contributed by atoms with Crippen molar-refractivity contribution in [1.29, 1.82) is 0 Å². The highest BCUT2D eigenvalue weighted by Gasteiger charge is 2.15. The van der Waals surface area contributed by atoms with E-state index in [1.165, 1.54) is 0 Å². The molecule has 0 radical (unpaired) electrons. The van der Waals surface area contributed by atoms with Gasteiger partial charge in [-0.25, -0.2) is 4.79 Å². The van der Waals surface area contributed by atoms with Crippen LogP contribution < -0.4 is 26.0 Å². The number of anilines is 2. The van der Waals surface area contributed by atoms with Crippen LogP contribution in [0.2, 0.25) is 0 Å². The molecule has 0 fully saturated rings. The zero-order valence-electron chi connectivity index (χ0n) is 29.5. The number of nitrogens with one attached hydrogen (secondary N) is 4. The Labute approximate surface area is 324 Å². The highest BCUT2D eigenvalue weighted by molar-refractivity contribution is 7.80. The molecule has 274 valence electrons. The van der Waals surface area contributed by atoms with Crippen LogP contribution in [0.3, 0.4) is 0 Å². The van der Waals surface area contributed by atoms with Gasteiger partial charge in [-0.2, -0.15) is 0 Å². The number of para-hydroxylation sites is 2. The van der Waals surface area contributed by atoms with E-state index in [1.54, 1.807) is 73.7 Å². The molecule has 0 aliphatic rings. The third-order valence-corrected chi connectivity index (χ3v) is 8.26. The van der Waals surface area contributed by atoms with Gasteiger partial charge in [0.25, 0.3) is 11.8 Å². The summed E-state index contributed by atoms with van der Waals surface area (Å²) in [6.45, 7) is 3.28. The molecule has 5 aromatic rings. The maximum atomic E-state index is 13.0. The monoisotopic (exact) mass is 758 g/mol. The summed E-state index contributed by atoms with van der Waals surface area (Å²) >= 11 is 10.6. The summed E-state index contributed by atoms with van der Waals surface area (Å²) < 4.78 is 11.2. The molecule has 10 nitrogen and oxygen atoms in total. The first-order chi connectivity index (χ1) is 26.0. The topological polar surface area (TPSA) is 138 Å². The summed E-state index contributed by atoms with van der Waals surface area (Å²) in [5, 5.41) is 21.4. The van der Waals surface area contributed by atoms with E-state index in [9.17, 15) is 19.5 Å². The predicted molar refractivity (Wildman–Crippen MR) is 219 cm³/mol. The van der Waals surface area contributed by atoms with Gasteiger partial charge in [0.1, 0.15) is 17.6 Å². The molecule has 0 bridgehead atoms. The zero-order valence-corrected chi connectivity index (χ0v) is 31.1. The zero-order chi connectivity index (χ0) is 38.5. The molecule has 0 saturated carbocycles. The summed E-state index contributed by atoms with van der Waals surface area (Å²) in [4.78, 5) is 37.8. The van der Waals surface area contributed by atoms with Gasteiger partial charge in [-0.05, 0) is 116 Å². The van der Waals surface area contributed by atoms with E-state index >= 15 is 0 Å². The summed E-state index contributed by atoms with van der Waals surface area (Å²) in [6.07, 6.45) is 1.64. The SMILES string of the molecule is C/C(=C\c1ccccc1O)C(=O)NC(=S)Nc1ccc(C(=O)OC(C)Cc2cccc(-c3cccc(NC(=S)NC(=O)COc4ccccc4)c3)c2)cc1. The third kappa shape index (κ3) is 11.8. The highest BCUT2D eigenvalue weighted by Crippen LogP contribution is 2.25. The molecule has 54 heavy (non-hydrogen) atoms. The second kappa shape index (κ2) is 18.9. The van der Waals surface area contributed by atoms with Crippen molar-refractivity contribution in [2.45, 2.75) is 26.4 Å². The van der Waals surface area contributed by atoms with Crippen molar-refractivity contribution >= 4 is 69.9 Å². The van der Waals surface area contributed by atoms with Crippen molar-refractivity contribution in [1.82, 2.24) is 10.6 Å². The Balaban J connectivity index is 1.09. The molecule has 0 saturated heterocycles. The van der Waals surface area contributed by atoms with Crippen molar-refractivity contribution in [2.24, 2.45) is 0 Å². The average Bonchev–Trinajstić information content (AvgIpc) is 3.15. The Hall–Kier alpha value is -6.37.